The Balaban J connectivity index is 0.000000221. The Kier molecular flexibility index (Phi) is 16.7. The predicted octanol–water partition coefficient (Wildman–Crippen LogP) is 7.57. The fourth-order valence-electron chi connectivity index (χ4n) is 7.11. The van der Waals surface area contributed by atoms with E-state index in [0.717, 1.165) is 49.4 Å². The van der Waals surface area contributed by atoms with Gasteiger partial charge in [-0.05, 0) is 70.4 Å². The number of likely N-dealkylation sites (N-methyl/N-ethyl adjacent to an activating group) is 2. The zero-order valence-electron chi connectivity index (χ0n) is 37.4. The lowest BCUT2D eigenvalue weighted by Gasteiger charge is -2.36. The van der Waals surface area contributed by atoms with Crippen LogP contribution in [0.3, 0.4) is 0 Å². The summed E-state index contributed by atoms with van der Waals surface area (Å²) in [5.41, 5.74) is 3.92. The first-order chi connectivity index (χ1) is 32.0. The molecule has 5 amide bonds. The monoisotopic (exact) mass is 935 g/mol. The van der Waals surface area contributed by atoms with Gasteiger partial charge in [-0.25, -0.2) is 18.4 Å². The molecule has 0 atom stereocenters. The molecule has 3 heterocycles. The van der Waals surface area contributed by atoms with Gasteiger partial charge in [-0.1, -0.05) is 53.6 Å². The molecule has 1 aromatic heterocycles. The molecule has 5 aromatic rings. The summed E-state index contributed by atoms with van der Waals surface area (Å²) in [6.45, 7) is 8.44. The molecule has 2 aliphatic heterocycles. The van der Waals surface area contributed by atoms with Crippen molar-refractivity contribution in [3.8, 4) is 11.5 Å². The second kappa shape index (κ2) is 22.6. The van der Waals surface area contributed by atoms with E-state index in [4.69, 9.17) is 4.42 Å². The number of nitrogens with zero attached hydrogens (tertiary/aromatic N) is 8. The van der Waals surface area contributed by atoms with Gasteiger partial charge in [0, 0.05) is 86.0 Å². The number of aryl methyl sites for hydroxylation is 2. The zero-order chi connectivity index (χ0) is 48.4. The highest BCUT2D eigenvalue weighted by molar-refractivity contribution is 5.99. The highest BCUT2D eigenvalue weighted by Crippen LogP contribution is 2.28. The second-order valence-corrected chi connectivity index (χ2v) is 16.3. The number of halogens is 6. The van der Waals surface area contributed by atoms with Crippen LogP contribution in [0, 0.1) is 25.5 Å². The first kappa shape index (κ1) is 49.6. The van der Waals surface area contributed by atoms with Gasteiger partial charge < -0.3 is 29.3 Å². The van der Waals surface area contributed by atoms with E-state index in [2.05, 4.69) is 20.0 Å². The molecule has 20 heteroatoms. The van der Waals surface area contributed by atoms with E-state index in [0.29, 0.717) is 37.6 Å². The molecule has 0 aliphatic carbocycles. The third kappa shape index (κ3) is 13.2. The minimum absolute atomic E-state index is 0.00641. The zero-order valence-corrected chi connectivity index (χ0v) is 37.4. The number of hydrogen-bond donors (Lipinski definition) is 1. The van der Waals surface area contributed by atoms with Crippen LogP contribution in [0.5, 0.6) is 0 Å². The Morgan fingerprint density at radius 2 is 1.10 bits per heavy atom. The maximum absolute atomic E-state index is 15.0. The summed E-state index contributed by atoms with van der Waals surface area (Å²) in [4.78, 5) is 60.6. The van der Waals surface area contributed by atoms with Crippen LogP contribution < -0.4 is 15.1 Å². The van der Waals surface area contributed by atoms with Crippen LogP contribution in [0.15, 0.2) is 89.3 Å². The van der Waals surface area contributed by atoms with Crippen molar-refractivity contribution in [3.63, 3.8) is 0 Å². The lowest BCUT2D eigenvalue weighted by molar-refractivity contribution is -0.131. The van der Waals surface area contributed by atoms with Crippen LogP contribution in [-0.4, -0.2) is 133 Å². The van der Waals surface area contributed by atoms with Gasteiger partial charge in [0.25, 0.3) is 11.8 Å². The second-order valence-electron chi connectivity index (χ2n) is 16.3. The Morgan fingerprint density at radius 1 is 0.642 bits per heavy atom. The molecular formula is C47H51F6N9O5. The van der Waals surface area contributed by atoms with Crippen LogP contribution in [-0.2, 0) is 17.9 Å². The van der Waals surface area contributed by atoms with Crippen molar-refractivity contribution in [3.05, 3.63) is 130 Å². The fourth-order valence-corrected chi connectivity index (χ4v) is 7.11. The highest BCUT2D eigenvalue weighted by atomic mass is 19.3. The van der Waals surface area contributed by atoms with E-state index in [9.17, 15) is 41.1 Å². The summed E-state index contributed by atoms with van der Waals surface area (Å²) in [5.74, 6) is -4.61. The molecule has 14 nitrogen and oxygen atoms in total. The van der Waals surface area contributed by atoms with Crippen LogP contribution in [0.4, 0.5) is 47.3 Å². The summed E-state index contributed by atoms with van der Waals surface area (Å²) in [5, 5.41) is 8.63. The molecule has 2 saturated heterocycles. The number of alkyl halides is 4. The topological polar surface area (TPSA) is 139 Å². The number of piperazine rings is 2. The number of anilines is 2. The van der Waals surface area contributed by atoms with E-state index in [1.165, 1.54) is 29.2 Å². The number of aromatic nitrogens is 2. The number of amides is 5. The molecule has 0 saturated carbocycles. The van der Waals surface area contributed by atoms with Gasteiger partial charge in [0.15, 0.2) is 5.78 Å². The standard InChI is InChI=1S/C24H27F3N4O3.C23H24F3N5O2/c1-16-3-7-19(8-4-16)31(24(34)30-11-9-29(2)10-12-30)15-18-6-5-17(13-20(18)25)21(32)14-28-23(33)22(26)27;1-15-3-7-18(8-4-15)31(23(32)30-11-9-29(2)10-12-30)14-17-6-5-16(13-19(17)24)21-27-28-22(33-21)20(25)26/h3-8,13,22H,9-12,14-15H2,1-2H3,(H,28,33);3-8,13,20H,9-12,14H2,1-2H3. The molecule has 4 aromatic carbocycles. The summed E-state index contributed by atoms with van der Waals surface area (Å²) in [6, 6.07) is 22.2. The minimum Gasteiger partial charge on any atom is -0.415 e. The number of nitrogens with one attached hydrogen (secondary N) is 1. The van der Waals surface area contributed by atoms with Crippen molar-refractivity contribution in [2.75, 3.05) is 82.8 Å². The van der Waals surface area contributed by atoms with Crippen molar-refractivity contribution in [1.29, 1.82) is 0 Å². The first-order valence-electron chi connectivity index (χ1n) is 21.4. The van der Waals surface area contributed by atoms with Gasteiger partial charge in [0.05, 0.1) is 19.6 Å². The maximum Gasteiger partial charge on any atom is 0.324 e. The molecule has 0 bridgehead atoms. The first-order valence-corrected chi connectivity index (χ1v) is 21.4. The number of Topliss-reactive ketones (excluding diaryl/α,β-unsaturated/α-hetero) is 1. The van der Waals surface area contributed by atoms with Crippen LogP contribution in [0.1, 0.15) is 44.9 Å². The SMILES string of the molecule is Cc1ccc(N(Cc2ccc(-c3nnc(C(F)F)o3)cc2F)C(=O)N2CCN(C)CC2)cc1.Cc1ccc(N(Cc2ccc(C(=O)CNC(=O)C(F)F)cc2F)C(=O)N2CCN(C)CC2)cc1. The Labute approximate surface area is 383 Å². The quantitative estimate of drug-likeness (QED) is 0.0992. The van der Waals surface area contributed by atoms with Crippen molar-refractivity contribution in [1.82, 2.24) is 35.1 Å². The predicted molar refractivity (Wildman–Crippen MR) is 238 cm³/mol. The number of rotatable bonds is 12. The number of hydrogen-bond acceptors (Lipinski definition) is 9. The molecule has 67 heavy (non-hydrogen) atoms. The Bertz CT molecular complexity index is 2490. The van der Waals surface area contributed by atoms with Crippen LogP contribution in [0.2, 0.25) is 0 Å². The lowest BCUT2D eigenvalue weighted by atomic mass is 10.1. The molecule has 0 unspecified atom stereocenters. The number of urea groups is 2. The van der Waals surface area contributed by atoms with E-state index in [1.807, 2.05) is 64.3 Å². The van der Waals surface area contributed by atoms with Crippen molar-refractivity contribution >= 4 is 35.1 Å². The largest absolute Gasteiger partial charge is 0.415 e. The van der Waals surface area contributed by atoms with Crippen LogP contribution >= 0.6 is 0 Å². The summed E-state index contributed by atoms with van der Waals surface area (Å²) in [7, 11) is 3.99. The van der Waals surface area contributed by atoms with E-state index < -0.39 is 48.6 Å². The summed E-state index contributed by atoms with van der Waals surface area (Å²) >= 11 is 0. The van der Waals surface area contributed by atoms with Gasteiger partial charge in [-0.3, -0.25) is 19.4 Å². The lowest BCUT2D eigenvalue weighted by Crippen LogP contribution is -2.52. The molecule has 356 valence electrons. The van der Waals surface area contributed by atoms with Crippen molar-refractivity contribution < 1.29 is 49.9 Å². The number of ketones is 1. The molecule has 2 fully saturated rings. The number of carbonyl (C=O) groups is 4. The third-order valence-electron chi connectivity index (χ3n) is 11.3. The third-order valence-corrected chi connectivity index (χ3v) is 11.3. The van der Waals surface area contributed by atoms with E-state index in [-0.39, 0.29) is 53.3 Å². The molecule has 0 spiro atoms. The molecular weight excluding hydrogens is 885 g/mol. The van der Waals surface area contributed by atoms with Crippen molar-refractivity contribution in [2.24, 2.45) is 0 Å². The minimum atomic E-state index is -3.24. The van der Waals surface area contributed by atoms with Gasteiger partial charge in [-0.15, -0.1) is 10.2 Å². The van der Waals surface area contributed by atoms with Gasteiger partial charge in [-0.2, -0.15) is 17.6 Å². The average molecular weight is 936 g/mol. The molecule has 1 N–H and O–H groups in total. The average Bonchev–Trinajstić information content (AvgIpc) is 3.82. The molecule has 7 rings (SSSR count). The number of benzene rings is 4. The molecule has 0 radical (unpaired) electrons. The maximum atomic E-state index is 15.0. The number of carbonyl (C=O) groups excluding carboxylic acids is 4. The Morgan fingerprint density at radius 3 is 1.52 bits per heavy atom. The molecule has 2 aliphatic rings. The van der Waals surface area contributed by atoms with E-state index >= 15 is 4.39 Å². The van der Waals surface area contributed by atoms with Gasteiger partial charge >= 0.3 is 24.9 Å². The Hall–Kier alpha value is -6.80. The highest BCUT2D eigenvalue weighted by Gasteiger charge is 2.29. The summed E-state index contributed by atoms with van der Waals surface area (Å²) < 4.78 is 84.8. The van der Waals surface area contributed by atoms with Crippen molar-refractivity contribution in [2.45, 2.75) is 39.8 Å². The smallest absolute Gasteiger partial charge is 0.324 e. The van der Waals surface area contributed by atoms with E-state index in [1.54, 1.807) is 32.1 Å². The van der Waals surface area contributed by atoms with Crippen LogP contribution in [0.25, 0.3) is 11.5 Å². The van der Waals surface area contributed by atoms with Gasteiger partial charge in [0.1, 0.15) is 11.6 Å². The summed E-state index contributed by atoms with van der Waals surface area (Å²) in [6.07, 6.45) is -6.14. The van der Waals surface area contributed by atoms with Gasteiger partial charge in [0.2, 0.25) is 5.89 Å². The fraction of sp³-hybridized carbons (Fsp3) is 0.362. The normalized spacial score (nSPS) is 14.4.